The van der Waals surface area contributed by atoms with Crippen LogP contribution in [-0.2, 0) is 6.18 Å². The van der Waals surface area contributed by atoms with E-state index >= 15 is 0 Å². The number of alkyl halides is 3. The summed E-state index contributed by atoms with van der Waals surface area (Å²) >= 11 is 5.54. The van der Waals surface area contributed by atoms with Crippen molar-refractivity contribution in [2.75, 3.05) is 0 Å². The number of hydrogen-bond donors (Lipinski definition) is 0. The van der Waals surface area contributed by atoms with Crippen LogP contribution in [0.5, 0.6) is 0 Å². The first-order chi connectivity index (χ1) is 9.70. The normalized spacial score (nSPS) is 11.5. The van der Waals surface area contributed by atoms with Crippen molar-refractivity contribution < 1.29 is 22.4 Å². The van der Waals surface area contributed by atoms with E-state index in [0.717, 1.165) is 25.1 Å². The van der Waals surface area contributed by atoms with E-state index in [1.165, 1.54) is 18.2 Å². The van der Waals surface area contributed by atoms with E-state index in [9.17, 15) is 22.4 Å². The maximum absolute atomic E-state index is 13.4. The van der Waals surface area contributed by atoms with Crippen molar-refractivity contribution in [3.05, 3.63) is 58.4 Å². The molecule has 0 aliphatic carbocycles. The molecule has 0 aliphatic rings. The van der Waals surface area contributed by atoms with E-state index in [-0.39, 0.29) is 16.1 Å². The number of hydrogen-bond acceptors (Lipinski definition) is 1. The molecule has 0 unspecified atom stereocenters. The van der Waals surface area contributed by atoms with Crippen LogP contribution in [0.2, 0.25) is 5.02 Å². The average molecular weight is 317 g/mol. The third-order valence-corrected chi connectivity index (χ3v) is 3.26. The maximum Gasteiger partial charge on any atom is 0.417 e. The molecule has 0 aromatic heterocycles. The molecule has 0 N–H and O–H groups in total. The van der Waals surface area contributed by atoms with Gasteiger partial charge in [0, 0.05) is 5.56 Å². The number of carbonyl (C=O) groups excluding carboxylic acids is 1. The minimum atomic E-state index is -4.66. The monoisotopic (exact) mass is 316 g/mol. The number of halogens is 5. The lowest BCUT2D eigenvalue weighted by Crippen LogP contribution is -2.11. The molecule has 0 bridgehead atoms. The minimum absolute atomic E-state index is 0.116. The number of Topliss-reactive ketones (excluding diaryl/α,β-unsaturated/α-hetero) is 1. The SMILES string of the molecule is CC(=O)c1ccc(-c2ccc(Cl)c(F)c2)cc1C(F)(F)F. The number of benzene rings is 2. The fourth-order valence-corrected chi connectivity index (χ4v) is 2.06. The van der Waals surface area contributed by atoms with Gasteiger partial charge < -0.3 is 0 Å². The molecular weight excluding hydrogens is 308 g/mol. The van der Waals surface area contributed by atoms with E-state index in [1.54, 1.807) is 0 Å². The molecule has 0 fully saturated rings. The first kappa shape index (κ1) is 15.5. The number of ketones is 1. The Kier molecular flexibility index (Phi) is 4.05. The van der Waals surface area contributed by atoms with Gasteiger partial charge in [-0.1, -0.05) is 29.8 Å². The Morgan fingerprint density at radius 1 is 1.05 bits per heavy atom. The van der Waals surface area contributed by atoms with Gasteiger partial charge in [-0.2, -0.15) is 13.2 Å². The van der Waals surface area contributed by atoms with Crippen molar-refractivity contribution in [2.45, 2.75) is 13.1 Å². The zero-order valence-corrected chi connectivity index (χ0v) is 11.5. The highest BCUT2D eigenvalue weighted by Crippen LogP contribution is 2.35. The Labute approximate surface area is 123 Å². The van der Waals surface area contributed by atoms with E-state index in [0.29, 0.717) is 0 Å². The van der Waals surface area contributed by atoms with Crippen molar-refractivity contribution >= 4 is 17.4 Å². The fraction of sp³-hybridized carbons (Fsp3) is 0.133. The van der Waals surface area contributed by atoms with Gasteiger partial charge in [0.15, 0.2) is 5.78 Å². The smallest absolute Gasteiger partial charge is 0.294 e. The summed E-state index contributed by atoms with van der Waals surface area (Å²) < 4.78 is 52.4. The topological polar surface area (TPSA) is 17.1 Å². The van der Waals surface area contributed by atoms with Crippen molar-refractivity contribution in [1.29, 1.82) is 0 Å². The Morgan fingerprint density at radius 3 is 2.14 bits per heavy atom. The van der Waals surface area contributed by atoms with E-state index in [2.05, 4.69) is 0 Å². The van der Waals surface area contributed by atoms with Crippen LogP contribution in [-0.4, -0.2) is 5.78 Å². The molecule has 0 atom stereocenters. The predicted molar refractivity (Wildman–Crippen MR) is 71.9 cm³/mol. The summed E-state index contributed by atoms with van der Waals surface area (Å²) in [6.07, 6.45) is -4.66. The first-order valence-corrected chi connectivity index (χ1v) is 6.25. The van der Waals surface area contributed by atoms with E-state index < -0.39 is 28.9 Å². The van der Waals surface area contributed by atoms with E-state index in [4.69, 9.17) is 11.6 Å². The van der Waals surface area contributed by atoms with Crippen molar-refractivity contribution in [3.8, 4) is 11.1 Å². The summed E-state index contributed by atoms with van der Waals surface area (Å²) in [5.74, 6) is -1.41. The van der Waals surface area contributed by atoms with Crippen molar-refractivity contribution in [2.24, 2.45) is 0 Å². The zero-order valence-electron chi connectivity index (χ0n) is 10.8. The molecule has 110 valence electrons. The molecule has 0 saturated heterocycles. The van der Waals surface area contributed by atoms with Gasteiger partial charge in [-0.3, -0.25) is 4.79 Å². The lowest BCUT2D eigenvalue weighted by atomic mass is 9.97. The molecular formula is C15H9ClF4O. The van der Waals surface area contributed by atoms with Gasteiger partial charge in [-0.05, 0) is 36.2 Å². The molecule has 21 heavy (non-hydrogen) atoms. The number of carbonyl (C=O) groups is 1. The second-order valence-electron chi connectivity index (χ2n) is 4.44. The number of rotatable bonds is 2. The molecule has 0 spiro atoms. The van der Waals surface area contributed by atoms with Crippen LogP contribution in [0.3, 0.4) is 0 Å². The summed E-state index contributed by atoms with van der Waals surface area (Å²) in [6, 6.07) is 6.99. The third kappa shape index (κ3) is 3.24. The Hall–Kier alpha value is -1.88. The van der Waals surface area contributed by atoms with Gasteiger partial charge in [0.05, 0.1) is 10.6 Å². The van der Waals surface area contributed by atoms with Gasteiger partial charge in [0.1, 0.15) is 5.82 Å². The quantitative estimate of drug-likeness (QED) is 0.538. The highest BCUT2D eigenvalue weighted by molar-refractivity contribution is 6.30. The minimum Gasteiger partial charge on any atom is -0.294 e. The molecule has 0 saturated carbocycles. The molecule has 0 amide bonds. The fourth-order valence-electron chi connectivity index (χ4n) is 1.94. The lowest BCUT2D eigenvalue weighted by Gasteiger charge is -2.13. The Balaban J connectivity index is 2.61. The summed E-state index contributed by atoms with van der Waals surface area (Å²) in [5.41, 5.74) is -1.05. The molecule has 6 heteroatoms. The Morgan fingerprint density at radius 2 is 1.62 bits per heavy atom. The standard InChI is InChI=1S/C15H9ClF4O/c1-8(21)11-4-2-9(6-12(11)15(18,19)20)10-3-5-13(16)14(17)7-10/h2-7H,1H3. The summed E-state index contributed by atoms with van der Waals surface area (Å²) in [4.78, 5) is 11.3. The van der Waals surface area contributed by atoms with Gasteiger partial charge >= 0.3 is 6.18 Å². The maximum atomic E-state index is 13.4. The van der Waals surface area contributed by atoms with Gasteiger partial charge in [0.25, 0.3) is 0 Å². The van der Waals surface area contributed by atoms with Gasteiger partial charge in [-0.25, -0.2) is 4.39 Å². The van der Waals surface area contributed by atoms with Gasteiger partial charge in [0.2, 0.25) is 0 Å². The van der Waals surface area contributed by atoms with Crippen LogP contribution in [0.25, 0.3) is 11.1 Å². The summed E-state index contributed by atoms with van der Waals surface area (Å²) in [5, 5.41) is -0.116. The highest BCUT2D eigenvalue weighted by atomic mass is 35.5. The molecule has 2 aromatic carbocycles. The van der Waals surface area contributed by atoms with Crippen LogP contribution in [0.15, 0.2) is 36.4 Å². The van der Waals surface area contributed by atoms with Gasteiger partial charge in [-0.15, -0.1) is 0 Å². The molecule has 0 heterocycles. The zero-order chi connectivity index (χ0) is 15.8. The Bertz CT molecular complexity index is 707. The summed E-state index contributed by atoms with van der Waals surface area (Å²) in [7, 11) is 0. The average Bonchev–Trinajstić information content (AvgIpc) is 2.40. The van der Waals surface area contributed by atoms with Crippen LogP contribution in [0.4, 0.5) is 17.6 Å². The van der Waals surface area contributed by atoms with Crippen LogP contribution in [0.1, 0.15) is 22.8 Å². The lowest BCUT2D eigenvalue weighted by molar-refractivity contribution is -0.137. The largest absolute Gasteiger partial charge is 0.417 e. The van der Waals surface area contributed by atoms with Crippen LogP contribution >= 0.6 is 11.6 Å². The second-order valence-corrected chi connectivity index (χ2v) is 4.85. The van der Waals surface area contributed by atoms with Crippen molar-refractivity contribution in [3.63, 3.8) is 0 Å². The molecule has 2 aromatic rings. The molecule has 2 rings (SSSR count). The summed E-state index contributed by atoms with van der Waals surface area (Å²) in [6.45, 7) is 1.06. The second kappa shape index (κ2) is 5.48. The first-order valence-electron chi connectivity index (χ1n) is 5.88. The third-order valence-electron chi connectivity index (χ3n) is 2.96. The van der Waals surface area contributed by atoms with E-state index in [1.807, 2.05) is 0 Å². The van der Waals surface area contributed by atoms with Crippen LogP contribution < -0.4 is 0 Å². The highest BCUT2D eigenvalue weighted by Gasteiger charge is 2.34. The molecule has 0 radical (unpaired) electrons. The molecule has 0 aliphatic heterocycles. The van der Waals surface area contributed by atoms with Crippen LogP contribution in [0, 0.1) is 5.82 Å². The predicted octanol–water partition coefficient (Wildman–Crippen LogP) is 5.37. The molecule has 1 nitrogen and oxygen atoms in total. The van der Waals surface area contributed by atoms with Crippen molar-refractivity contribution in [1.82, 2.24) is 0 Å².